The summed E-state index contributed by atoms with van der Waals surface area (Å²) in [6, 6.07) is 2.00. The summed E-state index contributed by atoms with van der Waals surface area (Å²) >= 11 is 0. The molecule has 1 saturated heterocycles. The first-order chi connectivity index (χ1) is 8.75. The lowest BCUT2D eigenvalue weighted by atomic mass is 10.0. The van der Waals surface area contributed by atoms with E-state index in [2.05, 4.69) is 0 Å². The third-order valence-electron chi connectivity index (χ3n) is 4.08. The summed E-state index contributed by atoms with van der Waals surface area (Å²) in [5.41, 5.74) is 9.57. The summed E-state index contributed by atoms with van der Waals surface area (Å²) in [6.45, 7) is 8.62. The Bertz CT molecular complexity index is 582. The van der Waals surface area contributed by atoms with Crippen molar-refractivity contribution in [3.8, 4) is 0 Å². The fraction of sp³-hybridized carbons (Fsp3) is 0.571. The number of hydrogen-bond donors (Lipinski definition) is 1. The smallest absolute Gasteiger partial charge is 0.243 e. The molecule has 0 saturated carbocycles. The lowest BCUT2D eigenvalue weighted by Gasteiger charge is -2.21. The van der Waals surface area contributed by atoms with Gasteiger partial charge >= 0.3 is 0 Å². The van der Waals surface area contributed by atoms with Crippen LogP contribution in [0.5, 0.6) is 0 Å². The molecule has 1 atom stereocenters. The summed E-state index contributed by atoms with van der Waals surface area (Å²) in [7, 11) is -3.42. The second kappa shape index (κ2) is 4.89. The summed E-state index contributed by atoms with van der Waals surface area (Å²) in [5.74, 6) is 0. The van der Waals surface area contributed by atoms with E-state index in [1.165, 1.54) is 4.31 Å². The van der Waals surface area contributed by atoms with Gasteiger partial charge in [-0.1, -0.05) is 6.07 Å². The van der Waals surface area contributed by atoms with Gasteiger partial charge in [-0.15, -0.1) is 0 Å². The fourth-order valence-corrected chi connectivity index (χ4v) is 4.76. The minimum absolute atomic E-state index is 0.0405. The van der Waals surface area contributed by atoms with Crippen molar-refractivity contribution < 1.29 is 8.42 Å². The molecule has 0 aliphatic carbocycles. The lowest BCUT2D eigenvalue weighted by Crippen LogP contribution is -2.33. The highest BCUT2D eigenvalue weighted by molar-refractivity contribution is 7.89. The van der Waals surface area contributed by atoms with Crippen LogP contribution in [0.1, 0.15) is 28.7 Å². The predicted octanol–water partition coefficient (Wildman–Crippen LogP) is 1.64. The molecule has 0 radical (unpaired) electrons. The molecule has 1 aromatic rings. The third kappa shape index (κ3) is 2.42. The third-order valence-corrected chi connectivity index (χ3v) is 6.22. The Balaban J connectivity index is 2.58. The van der Waals surface area contributed by atoms with Crippen molar-refractivity contribution in [2.75, 3.05) is 13.1 Å². The van der Waals surface area contributed by atoms with Gasteiger partial charge in [-0.3, -0.25) is 0 Å². The SMILES string of the molecule is Cc1cc(C)c(C)c(S(=O)(=O)N2CC[C@H](N)C2)c1C. The number of nitrogens with two attached hydrogens (primary N) is 1. The number of sulfonamides is 1. The molecule has 1 aromatic carbocycles. The number of rotatable bonds is 2. The molecule has 1 heterocycles. The van der Waals surface area contributed by atoms with Gasteiger partial charge in [0.2, 0.25) is 10.0 Å². The van der Waals surface area contributed by atoms with Gasteiger partial charge in [-0.2, -0.15) is 4.31 Å². The molecule has 0 spiro atoms. The molecular weight excluding hydrogens is 260 g/mol. The van der Waals surface area contributed by atoms with Crippen LogP contribution in [0.25, 0.3) is 0 Å². The Hall–Kier alpha value is -0.910. The summed E-state index contributed by atoms with van der Waals surface area (Å²) < 4.78 is 27.1. The topological polar surface area (TPSA) is 63.4 Å². The van der Waals surface area contributed by atoms with Crippen molar-refractivity contribution in [3.05, 3.63) is 28.3 Å². The predicted molar refractivity (Wildman–Crippen MR) is 76.7 cm³/mol. The van der Waals surface area contributed by atoms with Crippen LogP contribution in [0.4, 0.5) is 0 Å². The van der Waals surface area contributed by atoms with Crippen molar-refractivity contribution in [2.45, 2.75) is 45.1 Å². The first-order valence-corrected chi connectivity index (χ1v) is 8.02. The highest BCUT2D eigenvalue weighted by Crippen LogP contribution is 2.30. The van der Waals surface area contributed by atoms with Crippen LogP contribution in [-0.4, -0.2) is 31.9 Å². The molecule has 2 N–H and O–H groups in total. The minimum Gasteiger partial charge on any atom is -0.326 e. The lowest BCUT2D eigenvalue weighted by molar-refractivity contribution is 0.471. The van der Waals surface area contributed by atoms with Gasteiger partial charge in [0.1, 0.15) is 0 Å². The van der Waals surface area contributed by atoms with Crippen LogP contribution in [0.2, 0.25) is 0 Å². The molecule has 1 aliphatic heterocycles. The summed E-state index contributed by atoms with van der Waals surface area (Å²) in [6.07, 6.45) is 0.738. The molecule has 0 aromatic heterocycles. The number of aryl methyl sites for hydroxylation is 2. The molecule has 19 heavy (non-hydrogen) atoms. The maximum Gasteiger partial charge on any atom is 0.243 e. The first-order valence-electron chi connectivity index (χ1n) is 6.58. The van der Waals surface area contributed by atoms with Crippen molar-refractivity contribution in [1.82, 2.24) is 4.31 Å². The molecule has 1 fully saturated rings. The van der Waals surface area contributed by atoms with Crippen LogP contribution in [0, 0.1) is 27.7 Å². The maximum absolute atomic E-state index is 12.8. The van der Waals surface area contributed by atoms with Crippen LogP contribution in [0.15, 0.2) is 11.0 Å². The summed E-state index contributed by atoms with van der Waals surface area (Å²) in [4.78, 5) is 0.471. The summed E-state index contributed by atoms with van der Waals surface area (Å²) in [5, 5.41) is 0. The van der Waals surface area contributed by atoms with Crippen molar-refractivity contribution in [1.29, 1.82) is 0 Å². The molecule has 0 amide bonds. The van der Waals surface area contributed by atoms with E-state index >= 15 is 0 Å². The van der Waals surface area contributed by atoms with Gasteiger partial charge in [0.05, 0.1) is 4.90 Å². The van der Waals surface area contributed by atoms with Gasteiger partial charge in [-0.25, -0.2) is 8.42 Å². The maximum atomic E-state index is 12.8. The Labute approximate surface area is 115 Å². The molecule has 4 nitrogen and oxygen atoms in total. The Kier molecular flexibility index (Phi) is 3.73. The van der Waals surface area contributed by atoms with E-state index in [0.29, 0.717) is 18.0 Å². The number of benzene rings is 1. The molecule has 5 heteroatoms. The standard InChI is InChI=1S/C14H22N2O2S/c1-9-7-10(2)12(4)14(11(9)3)19(17,18)16-6-5-13(15)8-16/h7,13H,5-6,8,15H2,1-4H3/t13-/m0/s1. The van der Waals surface area contributed by atoms with Crippen LogP contribution >= 0.6 is 0 Å². The molecule has 1 aliphatic rings. The average Bonchev–Trinajstić information content (AvgIpc) is 2.74. The molecule has 2 rings (SSSR count). The minimum atomic E-state index is -3.42. The van der Waals surface area contributed by atoms with Crippen molar-refractivity contribution in [2.24, 2.45) is 5.73 Å². The van der Waals surface area contributed by atoms with Gasteiger partial charge in [0.25, 0.3) is 0 Å². The molecule has 0 unspecified atom stereocenters. The zero-order valence-corrected chi connectivity index (χ0v) is 12.8. The first kappa shape index (κ1) is 14.5. The van der Waals surface area contributed by atoms with Crippen molar-refractivity contribution >= 4 is 10.0 Å². The largest absolute Gasteiger partial charge is 0.326 e. The average molecular weight is 282 g/mol. The Morgan fingerprint density at radius 1 is 1.16 bits per heavy atom. The number of hydrogen-bond acceptors (Lipinski definition) is 3. The van der Waals surface area contributed by atoms with E-state index in [1.54, 1.807) is 0 Å². The van der Waals surface area contributed by atoms with Crippen LogP contribution in [0.3, 0.4) is 0 Å². The zero-order valence-electron chi connectivity index (χ0n) is 12.0. The van der Waals surface area contributed by atoms with E-state index < -0.39 is 10.0 Å². The second-order valence-electron chi connectivity index (χ2n) is 5.50. The van der Waals surface area contributed by atoms with Crippen LogP contribution in [-0.2, 0) is 10.0 Å². The van der Waals surface area contributed by atoms with E-state index in [4.69, 9.17) is 5.73 Å². The number of nitrogens with zero attached hydrogens (tertiary/aromatic N) is 1. The Morgan fingerprint density at radius 3 is 2.11 bits per heavy atom. The van der Waals surface area contributed by atoms with E-state index in [-0.39, 0.29) is 6.04 Å². The van der Waals surface area contributed by atoms with Crippen LogP contribution < -0.4 is 5.73 Å². The highest BCUT2D eigenvalue weighted by Gasteiger charge is 2.33. The van der Waals surface area contributed by atoms with E-state index in [9.17, 15) is 8.42 Å². The van der Waals surface area contributed by atoms with Gasteiger partial charge in [-0.05, 0) is 56.4 Å². The Morgan fingerprint density at radius 2 is 1.68 bits per heavy atom. The quantitative estimate of drug-likeness (QED) is 0.897. The van der Waals surface area contributed by atoms with E-state index in [0.717, 1.165) is 28.7 Å². The van der Waals surface area contributed by atoms with Gasteiger partial charge in [0, 0.05) is 19.1 Å². The fourth-order valence-electron chi connectivity index (χ4n) is 2.67. The zero-order chi connectivity index (χ0) is 14.4. The molecular formula is C14H22N2O2S. The van der Waals surface area contributed by atoms with Gasteiger partial charge in [0.15, 0.2) is 0 Å². The normalized spacial score (nSPS) is 21.0. The second-order valence-corrected chi connectivity index (χ2v) is 7.38. The highest BCUT2D eigenvalue weighted by atomic mass is 32.2. The molecule has 106 valence electrons. The monoisotopic (exact) mass is 282 g/mol. The van der Waals surface area contributed by atoms with E-state index in [1.807, 2.05) is 33.8 Å². The van der Waals surface area contributed by atoms with Crippen molar-refractivity contribution in [3.63, 3.8) is 0 Å². The van der Waals surface area contributed by atoms with Gasteiger partial charge < -0.3 is 5.73 Å². The molecule has 0 bridgehead atoms.